The normalized spacial score (nSPS) is 11.3. The van der Waals surface area contributed by atoms with E-state index >= 15 is 0 Å². The Morgan fingerprint density at radius 3 is 2.35 bits per heavy atom. The number of hydrogen-bond acceptors (Lipinski definition) is 7. The summed E-state index contributed by atoms with van der Waals surface area (Å²) in [5, 5.41) is 13.6. The van der Waals surface area contributed by atoms with E-state index < -0.39 is 22.5 Å². The van der Waals surface area contributed by atoms with Crippen LogP contribution in [0.15, 0.2) is 76.7 Å². The number of nitrogens with zero attached hydrogens (tertiary/aromatic N) is 2. The molecule has 0 atom stereocenters. The predicted octanol–water partition coefficient (Wildman–Crippen LogP) is 3.06. The summed E-state index contributed by atoms with van der Waals surface area (Å²) in [7, 11) is -1.21. The maximum atomic E-state index is 13.5. The third kappa shape index (κ3) is 5.65. The van der Waals surface area contributed by atoms with Gasteiger partial charge in [0, 0.05) is 11.6 Å². The Balaban J connectivity index is 1.92. The van der Waals surface area contributed by atoms with Crippen LogP contribution < -0.4 is 19.2 Å². The number of phenols is 1. The van der Waals surface area contributed by atoms with Crippen LogP contribution in [-0.4, -0.2) is 46.4 Å². The SMILES string of the molecule is COc1ccc(N(CC(=O)N/N=C\c2ccccc2O)S(=O)(=O)c2ccc(C)cc2)cc1OC. The molecule has 10 heteroatoms. The van der Waals surface area contributed by atoms with Crippen molar-refractivity contribution in [1.82, 2.24) is 5.43 Å². The summed E-state index contributed by atoms with van der Waals surface area (Å²) in [5.74, 6) is 0.0317. The van der Waals surface area contributed by atoms with Crippen molar-refractivity contribution >= 4 is 27.8 Å². The highest BCUT2D eigenvalue weighted by Gasteiger charge is 2.28. The van der Waals surface area contributed by atoms with E-state index in [4.69, 9.17) is 9.47 Å². The molecule has 34 heavy (non-hydrogen) atoms. The maximum Gasteiger partial charge on any atom is 0.264 e. The van der Waals surface area contributed by atoms with E-state index in [-0.39, 0.29) is 16.3 Å². The quantitative estimate of drug-likeness (QED) is 0.357. The molecular weight excluding hydrogens is 458 g/mol. The number of phenolic OH excluding ortho intramolecular Hbond substituents is 1. The zero-order valence-corrected chi connectivity index (χ0v) is 19.7. The van der Waals surface area contributed by atoms with Gasteiger partial charge in [-0.1, -0.05) is 29.8 Å². The van der Waals surface area contributed by atoms with E-state index in [0.717, 1.165) is 9.87 Å². The lowest BCUT2D eigenvalue weighted by Gasteiger charge is -2.24. The number of benzene rings is 3. The number of carbonyl (C=O) groups excluding carboxylic acids is 1. The minimum absolute atomic E-state index is 0.00518. The number of nitrogens with one attached hydrogen (secondary N) is 1. The monoisotopic (exact) mass is 483 g/mol. The molecule has 0 saturated carbocycles. The molecular formula is C24H25N3O6S. The molecule has 0 saturated heterocycles. The fourth-order valence-corrected chi connectivity index (χ4v) is 4.48. The lowest BCUT2D eigenvalue weighted by molar-refractivity contribution is -0.119. The zero-order chi connectivity index (χ0) is 24.7. The van der Waals surface area contributed by atoms with Crippen molar-refractivity contribution in [3.63, 3.8) is 0 Å². The molecule has 2 N–H and O–H groups in total. The van der Waals surface area contributed by atoms with E-state index in [9.17, 15) is 18.3 Å². The van der Waals surface area contributed by atoms with E-state index in [1.165, 1.54) is 50.8 Å². The van der Waals surface area contributed by atoms with E-state index in [0.29, 0.717) is 17.1 Å². The number of sulfonamides is 1. The number of hydrogen-bond donors (Lipinski definition) is 2. The van der Waals surface area contributed by atoms with Crippen LogP contribution in [0.2, 0.25) is 0 Å². The van der Waals surface area contributed by atoms with Gasteiger partial charge in [-0.05, 0) is 43.3 Å². The fourth-order valence-electron chi connectivity index (χ4n) is 3.07. The van der Waals surface area contributed by atoms with Crippen LogP contribution in [-0.2, 0) is 14.8 Å². The van der Waals surface area contributed by atoms with Crippen LogP contribution in [0, 0.1) is 6.92 Å². The number of aryl methyl sites for hydroxylation is 1. The summed E-state index contributed by atoms with van der Waals surface area (Å²) in [4.78, 5) is 12.7. The van der Waals surface area contributed by atoms with E-state index in [2.05, 4.69) is 10.5 Å². The van der Waals surface area contributed by atoms with Crippen LogP contribution in [0.3, 0.4) is 0 Å². The summed E-state index contributed by atoms with van der Waals surface area (Å²) in [6, 6.07) is 17.3. The first-order valence-corrected chi connectivity index (χ1v) is 11.6. The second-order valence-corrected chi connectivity index (χ2v) is 9.08. The number of methoxy groups -OCH3 is 2. The number of amides is 1. The molecule has 3 aromatic carbocycles. The second-order valence-electron chi connectivity index (χ2n) is 7.22. The molecule has 0 unspecified atom stereocenters. The molecule has 0 aliphatic rings. The first-order chi connectivity index (χ1) is 16.3. The number of anilines is 1. The molecule has 1 amide bonds. The van der Waals surface area contributed by atoms with Crippen molar-refractivity contribution in [2.75, 3.05) is 25.1 Å². The molecule has 0 heterocycles. The summed E-state index contributed by atoms with van der Waals surface area (Å²) >= 11 is 0. The van der Waals surface area contributed by atoms with E-state index in [1.54, 1.807) is 36.4 Å². The Morgan fingerprint density at radius 1 is 1.03 bits per heavy atom. The molecule has 0 aliphatic heterocycles. The van der Waals surface area contributed by atoms with Gasteiger partial charge in [-0.25, -0.2) is 13.8 Å². The van der Waals surface area contributed by atoms with Gasteiger partial charge in [0.1, 0.15) is 12.3 Å². The summed E-state index contributed by atoms with van der Waals surface area (Å²) < 4.78 is 38.4. The zero-order valence-electron chi connectivity index (χ0n) is 18.9. The highest BCUT2D eigenvalue weighted by Crippen LogP contribution is 2.33. The molecule has 0 fully saturated rings. The van der Waals surface area contributed by atoms with Crippen LogP contribution in [0.5, 0.6) is 17.2 Å². The minimum Gasteiger partial charge on any atom is -0.507 e. The van der Waals surface area contributed by atoms with Gasteiger partial charge in [0.05, 0.1) is 31.0 Å². The summed E-state index contributed by atoms with van der Waals surface area (Å²) in [5.41, 5.74) is 3.80. The summed E-state index contributed by atoms with van der Waals surface area (Å²) in [6.45, 7) is 1.29. The Morgan fingerprint density at radius 2 is 1.71 bits per heavy atom. The number of ether oxygens (including phenoxy) is 2. The number of rotatable bonds is 9. The molecule has 9 nitrogen and oxygen atoms in total. The first-order valence-electron chi connectivity index (χ1n) is 10.2. The van der Waals surface area contributed by atoms with Gasteiger partial charge in [-0.2, -0.15) is 5.10 Å². The maximum absolute atomic E-state index is 13.5. The third-order valence-corrected chi connectivity index (χ3v) is 6.67. The van der Waals surface area contributed by atoms with Crippen molar-refractivity contribution in [3.05, 3.63) is 77.9 Å². The Bertz CT molecular complexity index is 1290. The van der Waals surface area contributed by atoms with Gasteiger partial charge in [0.2, 0.25) is 0 Å². The largest absolute Gasteiger partial charge is 0.507 e. The molecule has 3 rings (SSSR count). The van der Waals surface area contributed by atoms with Crippen molar-refractivity contribution in [2.24, 2.45) is 5.10 Å². The van der Waals surface area contributed by atoms with Gasteiger partial charge < -0.3 is 14.6 Å². The molecule has 3 aromatic rings. The number of para-hydroxylation sites is 1. The average molecular weight is 484 g/mol. The van der Waals surface area contributed by atoms with Gasteiger partial charge in [0.25, 0.3) is 15.9 Å². The van der Waals surface area contributed by atoms with Crippen LogP contribution in [0.1, 0.15) is 11.1 Å². The standard InChI is InChI=1S/C24H25N3O6S/c1-17-8-11-20(12-9-17)34(30,31)27(19-10-13-22(32-2)23(14-19)33-3)16-24(29)26-25-15-18-6-4-5-7-21(18)28/h4-15,28H,16H2,1-3H3,(H,26,29)/b25-15-. The molecule has 0 aliphatic carbocycles. The van der Waals surface area contributed by atoms with Crippen LogP contribution in [0.25, 0.3) is 0 Å². The highest BCUT2D eigenvalue weighted by atomic mass is 32.2. The average Bonchev–Trinajstić information content (AvgIpc) is 2.83. The van der Waals surface area contributed by atoms with Gasteiger partial charge in [0.15, 0.2) is 11.5 Å². The smallest absolute Gasteiger partial charge is 0.264 e. The fraction of sp³-hybridized carbons (Fsp3) is 0.167. The topological polar surface area (TPSA) is 118 Å². The predicted molar refractivity (Wildman–Crippen MR) is 129 cm³/mol. The van der Waals surface area contributed by atoms with Crippen molar-refractivity contribution in [2.45, 2.75) is 11.8 Å². The Labute approximate surface area is 198 Å². The van der Waals surface area contributed by atoms with Gasteiger partial charge in [-0.3, -0.25) is 9.10 Å². The Hall–Kier alpha value is -4.05. The van der Waals surface area contributed by atoms with E-state index in [1.807, 2.05) is 6.92 Å². The Kier molecular flexibility index (Phi) is 7.75. The minimum atomic E-state index is -4.11. The molecule has 178 valence electrons. The van der Waals surface area contributed by atoms with Crippen molar-refractivity contribution in [3.8, 4) is 17.2 Å². The number of aromatic hydroxyl groups is 1. The molecule has 0 bridgehead atoms. The van der Waals surface area contributed by atoms with Crippen LogP contribution >= 0.6 is 0 Å². The molecule has 0 aromatic heterocycles. The number of hydrazone groups is 1. The van der Waals surface area contributed by atoms with Gasteiger partial charge >= 0.3 is 0 Å². The highest BCUT2D eigenvalue weighted by molar-refractivity contribution is 7.92. The lowest BCUT2D eigenvalue weighted by Crippen LogP contribution is -2.39. The second kappa shape index (κ2) is 10.7. The van der Waals surface area contributed by atoms with Crippen molar-refractivity contribution in [1.29, 1.82) is 0 Å². The van der Waals surface area contributed by atoms with Crippen molar-refractivity contribution < 1.29 is 27.8 Å². The number of carbonyl (C=O) groups is 1. The third-order valence-electron chi connectivity index (χ3n) is 4.88. The van der Waals surface area contributed by atoms with Crippen LogP contribution in [0.4, 0.5) is 5.69 Å². The van der Waals surface area contributed by atoms with Gasteiger partial charge in [-0.15, -0.1) is 0 Å². The summed E-state index contributed by atoms with van der Waals surface area (Å²) in [6.07, 6.45) is 1.27. The first kappa shape index (κ1) is 24.6. The molecule has 0 radical (unpaired) electrons. The lowest BCUT2D eigenvalue weighted by atomic mass is 10.2. The molecule has 0 spiro atoms.